The number of carbonyl (C=O) groups excluding carboxylic acids is 1. The van der Waals surface area contributed by atoms with Crippen molar-refractivity contribution in [3.8, 4) is 17.0 Å². The summed E-state index contributed by atoms with van der Waals surface area (Å²) in [6.45, 7) is 2.51. The van der Waals surface area contributed by atoms with Gasteiger partial charge in [0.05, 0.1) is 12.3 Å². The minimum Gasteiger partial charge on any atom is -0.494 e. The fourth-order valence-electron chi connectivity index (χ4n) is 3.06. The predicted octanol–water partition coefficient (Wildman–Crippen LogP) is 5.68. The van der Waals surface area contributed by atoms with Crippen molar-refractivity contribution < 1.29 is 13.9 Å². The number of nitrogens with zero attached hydrogens (tertiary/aromatic N) is 2. The number of nitrogens with one attached hydrogen (secondary N) is 2. The molecule has 3 aromatic carbocycles. The van der Waals surface area contributed by atoms with Gasteiger partial charge in [-0.1, -0.05) is 0 Å². The van der Waals surface area contributed by atoms with Crippen LogP contribution >= 0.6 is 0 Å². The molecule has 0 bridgehead atoms. The number of anilines is 3. The molecule has 0 saturated heterocycles. The lowest BCUT2D eigenvalue weighted by Gasteiger charge is -2.09. The van der Waals surface area contributed by atoms with Crippen molar-refractivity contribution in [3.05, 3.63) is 96.6 Å². The lowest BCUT2D eigenvalue weighted by atomic mass is 10.1. The van der Waals surface area contributed by atoms with Crippen molar-refractivity contribution in [2.45, 2.75) is 6.92 Å². The number of aromatic nitrogens is 2. The van der Waals surface area contributed by atoms with Crippen molar-refractivity contribution in [2.75, 3.05) is 17.2 Å². The fourth-order valence-corrected chi connectivity index (χ4v) is 3.06. The molecule has 1 heterocycles. The molecule has 32 heavy (non-hydrogen) atoms. The molecule has 1 amide bonds. The molecule has 0 aliphatic rings. The highest BCUT2D eigenvalue weighted by molar-refractivity contribution is 6.04. The third kappa shape index (κ3) is 5.26. The zero-order valence-corrected chi connectivity index (χ0v) is 17.4. The molecule has 6 nitrogen and oxygen atoms in total. The van der Waals surface area contributed by atoms with Gasteiger partial charge in [-0.05, 0) is 79.7 Å². The molecule has 0 unspecified atom stereocenters. The van der Waals surface area contributed by atoms with E-state index in [1.54, 1.807) is 54.6 Å². The van der Waals surface area contributed by atoms with Crippen LogP contribution in [0.5, 0.6) is 5.75 Å². The van der Waals surface area contributed by atoms with Crippen molar-refractivity contribution >= 4 is 23.1 Å². The van der Waals surface area contributed by atoms with Gasteiger partial charge in [0.1, 0.15) is 23.7 Å². The smallest absolute Gasteiger partial charge is 0.255 e. The van der Waals surface area contributed by atoms with Gasteiger partial charge < -0.3 is 15.4 Å². The summed E-state index contributed by atoms with van der Waals surface area (Å²) in [4.78, 5) is 21.0. The summed E-state index contributed by atoms with van der Waals surface area (Å²) >= 11 is 0. The normalized spacial score (nSPS) is 10.4. The summed E-state index contributed by atoms with van der Waals surface area (Å²) < 4.78 is 18.6. The number of rotatable bonds is 7. The van der Waals surface area contributed by atoms with Crippen LogP contribution in [0.4, 0.5) is 21.6 Å². The Morgan fingerprint density at radius 3 is 2.28 bits per heavy atom. The molecule has 1 aromatic heterocycles. The Labute approximate surface area is 185 Å². The monoisotopic (exact) mass is 428 g/mol. The van der Waals surface area contributed by atoms with Crippen LogP contribution in [0.25, 0.3) is 11.3 Å². The number of benzene rings is 3. The Bertz CT molecular complexity index is 1190. The summed E-state index contributed by atoms with van der Waals surface area (Å²) in [5, 5.41) is 6.05. The minimum absolute atomic E-state index is 0.207. The molecule has 160 valence electrons. The molecular weight excluding hydrogens is 407 g/mol. The Balaban J connectivity index is 1.41. The first-order valence-electron chi connectivity index (χ1n) is 10.1. The average molecular weight is 428 g/mol. The van der Waals surface area contributed by atoms with Crippen LogP contribution in [0, 0.1) is 5.82 Å². The van der Waals surface area contributed by atoms with Crippen LogP contribution < -0.4 is 15.4 Å². The number of hydrogen-bond acceptors (Lipinski definition) is 5. The zero-order valence-electron chi connectivity index (χ0n) is 17.4. The number of amides is 1. The van der Waals surface area contributed by atoms with Gasteiger partial charge >= 0.3 is 0 Å². The number of halogens is 1. The maximum absolute atomic E-state index is 13.1. The molecule has 2 N–H and O–H groups in total. The van der Waals surface area contributed by atoms with Gasteiger partial charge in [0, 0.05) is 28.6 Å². The molecule has 0 spiro atoms. The van der Waals surface area contributed by atoms with E-state index in [4.69, 9.17) is 4.74 Å². The highest BCUT2D eigenvalue weighted by atomic mass is 19.1. The van der Waals surface area contributed by atoms with E-state index in [9.17, 15) is 9.18 Å². The van der Waals surface area contributed by atoms with Gasteiger partial charge in [0.15, 0.2) is 0 Å². The van der Waals surface area contributed by atoms with Crippen LogP contribution in [-0.2, 0) is 0 Å². The quantitative estimate of drug-likeness (QED) is 0.396. The summed E-state index contributed by atoms with van der Waals surface area (Å²) in [7, 11) is 0. The molecule has 0 fully saturated rings. The number of hydrogen-bond donors (Lipinski definition) is 2. The molecule has 0 saturated carbocycles. The van der Waals surface area contributed by atoms with Gasteiger partial charge in [-0.15, -0.1) is 0 Å². The molecule has 7 heteroatoms. The van der Waals surface area contributed by atoms with Gasteiger partial charge in [-0.2, -0.15) is 0 Å². The second-order valence-corrected chi connectivity index (χ2v) is 6.91. The van der Waals surface area contributed by atoms with Crippen molar-refractivity contribution in [2.24, 2.45) is 0 Å². The molecule has 0 aliphatic heterocycles. The average Bonchev–Trinajstić information content (AvgIpc) is 2.82. The first-order valence-corrected chi connectivity index (χ1v) is 10.1. The number of ether oxygens (including phenoxy) is 1. The summed E-state index contributed by atoms with van der Waals surface area (Å²) in [6, 6.07) is 22.2. The van der Waals surface area contributed by atoms with Gasteiger partial charge in [-0.25, -0.2) is 14.4 Å². The summed E-state index contributed by atoms with van der Waals surface area (Å²) in [5.74, 6) is 0.841. The van der Waals surface area contributed by atoms with E-state index in [0.717, 1.165) is 17.0 Å². The SMILES string of the molecule is CCOc1ccc(NC(=O)c2ccc(Nc3cc(-c4ccc(F)cc4)ncn3)cc2)cc1. The van der Waals surface area contributed by atoms with Crippen molar-refractivity contribution in [1.82, 2.24) is 9.97 Å². The summed E-state index contributed by atoms with van der Waals surface area (Å²) in [6.07, 6.45) is 1.44. The second-order valence-electron chi connectivity index (χ2n) is 6.91. The van der Waals surface area contributed by atoms with Gasteiger partial charge in [0.2, 0.25) is 0 Å². The van der Waals surface area contributed by atoms with Crippen molar-refractivity contribution in [1.29, 1.82) is 0 Å². The molecule has 0 aliphatic carbocycles. The van der Waals surface area contributed by atoms with E-state index in [1.807, 2.05) is 19.1 Å². The summed E-state index contributed by atoms with van der Waals surface area (Å²) in [5.41, 5.74) is 3.45. The van der Waals surface area contributed by atoms with E-state index in [2.05, 4.69) is 20.6 Å². The lowest BCUT2D eigenvalue weighted by molar-refractivity contribution is 0.102. The molecule has 4 aromatic rings. The molecule has 4 rings (SSSR count). The van der Waals surface area contributed by atoms with Crippen LogP contribution in [0.3, 0.4) is 0 Å². The van der Waals surface area contributed by atoms with E-state index in [0.29, 0.717) is 29.4 Å². The van der Waals surface area contributed by atoms with E-state index >= 15 is 0 Å². The van der Waals surface area contributed by atoms with E-state index in [-0.39, 0.29) is 11.7 Å². The van der Waals surface area contributed by atoms with Crippen LogP contribution in [0.1, 0.15) is 17.3 Å². The number of carbonyl (C=O) groups is 1. The van der Waals surface area contributed by atoms with Crippen LogP contribution in [0.2, 0.25) is 0 Å². The largest absolute Gasteiger partial charge is 0.494 e. The first kappa shape index (κ1) is 21.0. The first-order chi connectivity index (χ1) is 15.6. The van der Waals surface area contributed by atoms with Crippen molar-refractivity contribution in [3.63, 3.8) is 0 Å². The highest BCUT2D eigenvalue weighted by Crippen LogP contribution is 2.22. The van der Waals surface area contributed by atoms with Gasteiger partial charge in [0.25, 0.3) is 5.91 Å². The third-order valence-corrected chi connectivity index (χ3v) is 4.65. The van der Waals surface area contributed by atoms with Gasteiger partial charge in [-0.3, -0.25) is 4.79 Å². The standard InChI is InChI=1S/C25H21FN4O2/c1-2-32-22-13-11-21(12-14-22)30-25(31)18-5-9-20(10-6-18)29-24-15-23(27-16-28-24)17-3-7-19(26)8-4-17/h3-16H,2H2,1H3,(H,30,31)(H,27,28,29). The Kier molecular flexibility index (Phi) is 6.36. The third-order valence-electron chi connectivity index (χ3n) is 4.65. The zero-order chi connectivity index (χ0) is 22.3. The Morgan fingerprint density at radius 1 is 0.906 bits per heavy atom. The molecule has 0 atom stereocenters. The van der Waals surface area contributed by atoms with E-state index in [1.165, 1.54) is 18.5 Å². The topological polar surface area (TPSA) is 76.1 Å². The minimum atomic E-state index is -0.298. The van der Waals surface area contributed by atoms with E-state index < -0.39 is 0 Å². The fraction of sp³-hybridized carbons (Fsp3) is 0.0800. The molecular formula is C25H21FN4O2. The maximum Gasteiger partial charge on any atom is 0.255 e. The maximum atomic E-state index is 13.1. The molecule has 0 radical (unpaired) electrons. The predicted molar refractivity (Wildman–Crippen MR) is 123 cm³/mol. The second kappa shape index (κ2) is 9.70. The highest BCUT2D eigenvalue weighted by Gasteiger charge is 2.08. The van der Waals surface area contributed by atoms with Crippen LogP contribution in [0.15, 0.2) is 85.2 Å². The van der Waals surface area contributed by atoms with Crippen LogP contribution in [-0.4, -0.2) is 22.5 Å². The Morgan fingerprint density at radius 2 is 1.59 bits per heavy atom. The Hall–Kier alpha value is -4.26. The lowest BCUT2D eigenvalue weighted by Crippen LogP contribution is -2.11.